The fraction of sp³-hybridized carbons (Fsp3) is 0.138. The summed E-state index contributed by atoms with van der Waals surface area (Å²) in [5.41, 5.74) is 5.43. The van der Waals surface area contributed by atoms with E-state index in [0.29, 0.717) is 28.0 Å². The number of nitrogens with one attached hydrogen (secondary N) is 3. The molecule has 2 heterocycles. The van der Waals surface area contributed by atoms with Gasteiger partial charge in [-0.05, 0) is 48.5 Å². The van der Waals surface area contributed by atoms with E-state index in [1.165, 1.54) is 6.08 Å². The molecule has 8 nitrogen and oxygen atoms in total. The lowest BCUT2D eigenvalue weighted by Crippen LogP contribution is -2.36. The average molecular weight is 527 g/mol. The molecule has 1 fully saturated rings. The van der Waals surface area contributed by atoms with Gasteiger partial charge in [0.05, 0.1) is 41.5 Å². The van der Waals surface area contributed by atoms with Crippen molar-refractivity contribution in [2.24, 2.45) is 0 Å². The van der Waals surface area contributed by atoms with Crippen LogP contribution in [0.15, 0.2) is 91.6 Å². The summed E-state index contributed by atoms with van der Waals surface area (Å²) in [4.78, 5) is 23.7. The zero-order valence-corrected chi connectivity index (χ0v) is 21.4. The number of rotatable bonds is 8. The highest BCUT2D eigenvalue weighted by Gasteiger charge is 2.15. The van der Waals surface area contributed by atoms with E-state index >= 15 is 0 Å². The monoisotopic (exact) mass is 526 g/mol. The Labute approximate surface area is 226 Å². The smallest absolute Gasteiger partial charge is 0.247 e. The van der Waals surface area contributed by atoms with Crippen molar-refractivity contribution in [3.8, 4) is 11.3 Å². The molecule has 192 valence electrons. The second kappa shape index (κ2) is 11.8. The van der Waals surface area contributed by atoms with Gasteiger partial charge < -0.3 is 25.6 Å². The molecule has 1 amide bonds. The van der Waals surface area contributed by atoms with Gasteiger partial charge in [-0.1, -0.05) is 48.5 Å². The fourth-order valence-electron chi connectivity index (χ4n) is 4.11. The van der Waals surface area contributed by atoms with Crippen molar-refractivity contribution in [3.05, 3.63) is 96.7 Å². The highest BCUT2D eigenvalue weighted by molar-refractivity contribution is 6.34. The molecule has 0 radical (unpaired) electrons. The van der Waals surface area contributed by atoms with Crippen LogP contribution in [0.5, 0.6) is 0 Å². The van der Waals surface area contributed by atoms with Gasteiger partial charge in [-0.3, -0.25) is 4.79 Å². The van der Waals surface area contributed by atoms with Crippen molar-refractivity contribution in [1.29, 1.82) is 0 Å². The van der Waals surface area contributed by atoms with Gasteiger partial charge in [0.25, 0.3) is 0 Å². The molecule has 5 rings (SSSR count). The second-order valence-electron chi connectivity index (χ2n) is 8.61. The largest absolute Gasteiger partial charge is 0.378 e. The molecule has 1 aromatic heterocycles. The molecule has 0 bridgehead atoms. The lowest BCUT2D eigenvalue weighted by Gasteiger charge is -2.29. The van der Waals surface area contributed by atoms with E-state index in [1.807, 2.05) is 48.5 Å². The van der Waals surface area contributed by atoms with Crippen LogP contribution in [0, 0.1) is 0 Å². The fourth-order valence-corrected chi connectivity index (χ4v) is 4.28. The average Bonchev–Trinajstić information content (AvgIpc) is 2.96. The highest BCUT2D eigenvalue weighted by atomic mass is 35.5. The van der Waals surface area contributed by atoms with Crippen molar-refractivity contribution in [2.45, 2.75) is 0 Å². The lowest BCUT2D eigenvalue weighted by molar-refractivity contribution is -0.111. The Balaban J connectivity index is 1.49. The van der Waals surface area contributed by atoms with Gasteiger partial charge in [-0.25, -0.2) is 9.97 Å². The molecule has 0 saturated carbocycles. The van der Waals surface area contributed by atoms with Crippen LogP contribution >= 0.6 is 11.6 Å². The maximum absolute atomic E-state index is 11.9. The molecule has 0 atom stereocenters. The molecule has 9 heteroatoms. The van der Waals surface area contributed by atoms with E-state index in [2.05, 4.69) is 44.5 Å². The maximum Gasteiger partial charge on any atom is 0.247 e. The number of benzene rings is 3. The first-order valence-corrected chi connectivity index (χ1v) is 12.6. The number of nitrogens with zero attached hydrogens (tertiary/aromatic N) is 3. The van der Waals surface area contributed by atoms with E-state index in [0.717, 1.165) is 48.9 Å². The predicted octanol–water partition coefficient (Wildman–Crippen LogP) is 6.25. The number of carbonyl (C=O) groups is 1. The summed E-state index contributed by atoms with van der Waals surface area (Å²) in [5.74, 6) is 0.0845. The van der Waals surface area contributed by atoms with Crippen molar-refractivity contribution >= 4 is 51.9 Å². The third kappa shape index (κ3) is 6.11. The minimum Gasteiger partial charge on any atom is -0.378 e. The topological polar surface area (TPSA) is 91.4 Å². The number of para-hydroxylation sites is 1. The van der Waals surface area contributed by atoms with Crippen LogP contribution in [-0.4, -0.2) is 42.2 Å². The number of carbonyl (C=O) groups excluding carboxylic acids is 1. The normalized spacial score (nSPS) is 13.0. The van der Waals surface area contributed by atoms with Crippen LogP contribution in [0.4, 0.5) is 34.4 Å². The van der Waals surface area contributed by atoms with Crippen LogP contribution in [0.2, 0.25) is 5.02 Å². The van der Waals surface area contributed by atoms with Gasteiger partial charge >= 0.3 is 0 Å². The van der Waals surface area contributed by atoms with E-state index < -0.39 is 0 Å². The zero-order valence-electron chi connectivity index (χ0n) is 20.7. The van der Waals surface area contributed by atoms with Gasteiger partial charge in [0.2, 0.25) is 11.9 Å². The number of morpholine rings is 1. The van der Waals surface area contributed by atoms with E-state index in [1.54, 1.807) is 18.3 Å². The number of anilines is 6. The van der Waals surface area contributed by atoms with Gasteiger partial charge in [0.1, 0.15) is 0 Å². The van der Waals surface area contributed by atoms with Crippen LogP contribution in [0.3, 0.4) is 0 Å². The first-order valence-electron chi connectivity index (χ1n) is 12.2. The maximum atomic E-state index is 11.9. The first-order chi connectivity index (χ1) is 18.6. The third-order valence-corrected chi connectivity index (χ3v) is 6.33. The minimum absolute atomic E-state index is 0.350. The molecule has 0 aliphatic carbocycles. The Morgan fingerprint density at radius 1 is 0.947 bits per heavy atom. The van der Waals surface area contributed by atoms with Crippen molar-refractivity contribution < 1.29 is 9.53 Å². The number of aromatic nitrogens is 2. The number of halogens is 1. The van der Waals surface area contributed by atoms with Crippen molar-refractivity contribution in [2.75, 3.05) is 47.2 Å². The summed E-state index contributed by atoms with van der Waals surface area (Å²) >= 11 is 6.35. The van der Waals surface area contributed by atoms with Gasteiger partial charge in [0, 0.05) is 35.7 Å². The van der Waals surface area contributed by atoms with Gasteiger partial charge in [-0.15, -0.1) is 0 Å². The Hall–Kier alpha value is -4.40. The molecule has 4 aromatic rings. The van der Waals surface area contributed by atoms with E-state index in [-0.39, 0.29) is 5.91 Å². The zero-order chi connectivity index (χ0) is 26.3. The van der Waals surface area contributed by atoms with E-state index in [4.69, 9.17) is 21.3 Å². The standard InChI is InChI=1S/C29H27ClN6O2/c1-2-27(37)34-25-17-20(11-12-24(25)30)28-26(32-21-7-4-3-5-8-21)19-31-29(35-28)33-22-9-6-10-23(18-22)36-13-15-38-16-14-36/h2-12,17-19,32H,1,13-16H2,(H,34,37)(H,31,33,35). The summed E-state index contributed by atoms with van der Waals surface area (Å²) in [7, 11) is 0. The van der Waals surface area contributed by atoms with Gasteiger partial charge in [-0.2, -0.15) is 0 Å². The molecule has 1 aliphatic heterocycles. The molecule has 0 unspecified atom stereocenters. The molecular weight excluding hydrogens is 500 g/mol. The Bertz CT molecular complexity index is 1440. The Morgan fingerprint density at radius 2 is 1.74 bits per heavy atom. The van der Waals surface area contributed by atoms with Crippen LogP contribution in [-0.2, 0) is 9.53 Å². The number of hydrogen-bond acceptors (Lipinski definition) is 7. The molecular formula is C29H27ClN6O2. The minimum atomic E-state index is -0.350. The SMILES string of the molecule is C=CC(=O)Nc1cc(-c2nc(Nc3cccc(N4CCOCC4)c3)ncc2Nc2ccccc2)ccc1Cl. The first kappa shape index (κ1) is 25.3. The quantitative estimate of drug-likeness (QED) is 0.234. The third-order valence-electron chi connectivity index (χ3n) is 6.00. The Kier molecular flexibility index (Phi) is 7.82. The molecule has 0 spiro atoms. The molecule has 3 aromatic carbocycles. The van der Waals surface area contributed by atoms with E-state index in [9.17, 15) is 4.79 Å². The van der Waals surface area contributed by atoms with Gasteiger partial charge in [0.15, 0.2) is 0 Å². The number of amides is 1. The summed E-state index contributed by atoms with van der Waals surface area (Å²) < 4.78 is 5.48. The van der Waals surface area contributed by atoms with Crippen LogP contribution in [0.25, 0.3) is 11.3 Å². The summed E-state index contributed by atoms with van der Waals surface area (Å²) in [5, 5.41) is 9.89. The second-order valence-corrected chi connectivity index (χ2v) is 9.02. The Morgan fingerprint density at radius 3 is 2.53 bits per heavy atom. The predicted molar refractivity (Wildman–Crippen MR) is 154 cm³/mol. The molecule has 1 saturated heterocycles. The molecule has 38 heavy (non-hydrogen) atoms. The summed E-state index contributed by atoms with van der Waals surface area (Å²) in [6.07, 6.45) is 2.93. The summed E-state index contributed by atoms with van der Waals surface area (Å²) in [6, 6.07) is 23.3. The van der Waals surface area contributed by atoms with Crippen molar-refractivity contribution in [1.82, 2.24) is 9.97 Å². The number of hydrogen-bond donors (Lipinski definition) is 3. The number of ether oxygens (including phenoxy) is 1. The van der Waals surface area contributed by atoms with Crippen LogP contribution in [0.1, 0.15) is 0 Å². The van der Waals surface area contributed by atoms with Crippen molar-refractivity contribution in [3.63, 3.8) is 0 Å². The molecule has 1 aliphatic rings. The van der Waals surface area contributed by atoms with Crippen LogP contribution < -0.4 is 20.9 Å². The lowest BCUT2D eigenvalue weighted by atomic mass is 10.1. The highest BCUT2D eigenvalue weighted by Crippen LogP contribution is 2.34. The molecule has 3 N–H and O–H groups in total. The summed E-state index contributed by atoms with van der Waals surface area (Å²) in [6.45, 7) is 6.65.